The molecule has 1 saturated heterocycles. The average Bonchev–Trinajstić information content (AvgIpc) is 2.30. The Kier molecular flexibility index (Phi) is 4.02. The van der Waals surface area contributed by atoms with Gasteiger partial charge >= 0.3 is 0 Å². The SMILES string of the molecule is CC(C)Oc1ccccc1C1CNCCN1C. The fraction of sp³-hybridized carbons (Fsp3) is 0.571. The molecule has 0 aromatic heterocycles. The summed E-state index contributed by atoms with van der Waals surface area (Å²) >= 11 is 0. The lowest BCUT2D eigenvalue weighted by atomic mass is 10.0. The predicted molar refractivity (Wildman–Crippen MR) is 70.4 cm³/mol. The molecule has 1 fully saturated rings. The lowest BCUT2D eigenvalue weighted by Gasteiger charge is -2.34. The summed E-state index contributed by atoms with van der Waals surface area (Å²) in [6.07, 6.45) is 0.220. The Hall–Kier alpha value is -1.06. The van der Waals surface area contributed by atoms with Crippen molar-refractivity contribution in [3.8, 4) is 5.75 Å². The fourth-order valence-electron chi connectivity index (χ4n) is 2.27. The molecule has 0 spiro atoms. The molecule has 1 unspecified atom stereocenters. The molecular formula is C14H22N2O. The van der Waals surface area contributed by atoms with Crippen molar-refractivity contribution < 1.29 is 4.74 Å². The average molecular weight is 234 g/mol. The summed E-state index contributed by atoms with van der Waals surface area (Å²) in [5.74, 6) is 1.02. The van der Waals surface area contributed by atoms with Crippen molar-refractivity contribution in [1.82, 2.24) is 10.2 Å². The third-order valence-electron chi connectivity index (χ3n) is 3.15. The maximum atomic E-state index is 5.89. The van der Waals surface area contributed by atoms with Crippen LogP contribution in [0.15, 0.2) is 24.3 Å². The number of nitrogens with one attached hydrogen (secondary N) is 1. The quantitative estimate of drug-likeness (QED) is 0.866. The van der Waals surface area contributed by atoms with Crippen LogP contribution in [0.5, 0.6) is 5.75 Å². The van der Waals surface area contributed by atoms with Gasteiger partial charge in [-0.25, -0.2) is 0 Å². The van der Waals surface area contributed by atoms with Gasteiger partial charge in [0, 0.05) is 25.2 Å². The van der Waals surface area contributed by atoms with Crippen LogP contribution in [0.2, 0.25) is 0 Å². The van der Waals surface area contributed by atoms with Gasteiger partial charge in [0.25, 0.3) is 0 Å². The van der Waals surface area contributed by atoms with Crippen LogP contribution in [-0.4, -0.2) is 37.7 Å². The number of hydrogen-bond donors (Lipinski definition) is 1. The maximum absolute atomic E-state index is 5.89. The van der Waals surface area contributed by atoms with E-state index in [-0.39, 0.29) is 6.10 Å². The summed E-state index contributed by atoms with van der Waals surface area (Å²) < 4.78 is 5.89. The summed E-state index contributed by atoms with van der Waals surface area (Å²) in [6.45, 7) is 7.29. The van der Waals surface area contributed by atoms with Crippen molar-refractivity contribution in [2.75, 3.05) is 26.7 Å². The molecule has 3 nitrogen and oxygen atoms in total. The Labute approximate surface area is 104 Å². The molecule has 1 N–H and O–H groups in total. The molecule has 0 radical (unpaired) electrons. The molecule has 0 amide bonds. The van der Waals surface area contributed by atoms with Gasteiger partial charge in [-0.15, -0.1) is 0 Å². The third kappa shape index (κ3) is 2.99. The monoisotopic (exact) mass is 234 g/mol. The lowest BCUT2D eigenvalue weighted by Crippen LogP contribution is -2.43. The van der Waals surface area contributed by atoms with Crippen molar-refractivity contribution in [3.63, 3.8) is 0 Å². The van der Waals surface area contributed by atoms with Crippen molar-refractivity contribution in [3.05, 3.63) is 29.8 Å². The Morgan fingerprint density at radius 1 is 1.35 bits per heavy atom. The number of nitrogens with zero attached hydrogens (tertiary/aromatic N) is 1. The summed E-state index contributed by atoms with van der Waals surface area (Å²) in [7, 11) is 2.18. The van der Waals surface area contributed by atoms with E-state index in [1.54, 1.807) is 0 Å². The molecular weight excluding hydrogens is 212 g/mol. The summed E-state index contributed by atoms with van der Waals surface area (Å²) in [6, 6.07) is 8.78. The molecule has 1 aromatic carbocycles. The summed E-state index contributed by atoms with van der Waals surface area (Å²) in [5.41, 5.74) is 1.29. The number of piperazine rings is 1. The Balaban J connectivity index is 2.23. The van der Waals surface area contributed by atoms with Gasteiger partial charge in [-0.3, -0.25) is 4.90 Å². The molecule has 3 heteroatoms. The normalized spacial score (nSPS) is 21.8. The van der Waals surface area contributed by atoms with Crippen LogP contribution in [0.25, 0.3) is 0 Å². The van der Waals surface area contributed by atoms with Crippen LogP contribution in [0.3, 0.4) is 0 Å². The second-order valence-electron chi connectivity index (χ2n) is 4.90. The number of para-hydroxylation sites is 1. The molecule has 1 heterocycles. The Bertz CT molecular complexity index is 365. The zero-order valence-electron chi connectivity index (χ0n) is 10.9. The van der Waals surface area contributed by atoms with Crippen molar-refractivity contribution in [2.24, 2.45) is 0 Å². The van der Waals surface area contributed by atoms with E-state index in [4.69, 9.17) is 4.74 Å². The predicted octanol–water partition coefficient (Wildman–Crippen LogP) is 2.05. The van der Waals surface area contributed by atoms with Crippen LogP contribution >= 0.6 is 0 Å². The first kappa shape index (κ1) is 12.4. The van der Waals surface area contributed by atoms with E-state index in [9.17, 15) is 0 Å². The topological polar surface area (TPSA) is 24.5 Å². The second-order valence-corrected chi connectivity index (χ2v) is 4.90. The van der Waals surface area contributed by atoms with Crippen molar-refractivity contribution in [1.29, 1.82) is 0 Å². The minimum Gasteiger partial charge on any atom is -0.491 e. The van der Waals surface area contributed by atoms with Crippen LogP contribution in [0.1, 0.15) is 25.5 Å². The first-order chi connectivity index (χ1) is 8.18. The molecule has 17 heavy (non-hydrogen) atoms. The smallest absolute Gasteiger partial charge is 0.124 e. The van der Waals surface area contributed by atoms with Gasteiger partial charge < -0.3 is 10.1 Å². The highest BCUT2D eigenvalue weighted by atomic mass is 16.5. The number of likely N-dealkylation sites (N-methyl/N-ethyl adjacent to an activating group) is 1. The Morgan fingerprint density at radius 2 is 2.12 bits per heavy atom. The van der Waals surface area contributed by atoms with E-state index in [0.717, 1.165) is 25.4 Å². The largest absolute Gasteiger partial charge is 0.491 e. The van der Waals surface area contributed by atoms with Crippen molar-refractivity contribution in [2.45, 2.75) is 26.0 Å². The van der Waals surface area contributed by atoms with E-state index >= 15 is 0 Å². The molecule has 0 saturated carbocycles. The highest BCUT2D eigenvalue weighted by molar-refractivity contribution is 5.36. The zero-order valence-corrected chi connectivity index (χ0v) is 10.9. The minimum atomic E-state index is 0.220. The molecule has 1 atom stereocenters. The second kappa shape index (κ2) is 5.52. The van der Waals surface area contributed by atoms with Gasteiger partial charge in [0.05, 0.1) is 12.1 Å². The minimum absolute atomic E-state index is 0.220. The number of benzene rings is 1. The van der Waals surface area contributed by atoms with Gasteiger partial charge in [0.1, 0.15) is 5.75 Å². The summed E-state index contributed by atoms with van der Waals surface area (Å²) in [5, 5.41) is 3.45. The number of hydrogen-bond acceptors (Lipinski definition) is 3. The molecule has 0 bridgehead atoms. The zero-order chi connectivity index (χ0) is 12.3. The van der Waals surface area contributed by atoms with E-state index in [0.29, 0.717) is 6.04 Å². The van der Waals surface area contributed by atoms with Crippen molar-refractivity contribution >= 4 is 0 Å². The number of ether oxygens (including phenoxy) is 1. The highest BCUT2D eigenvalue weighted by Gasteiger charge is 2.23. The van der Waals surface area contributed by atoms with E-state index in [1.807, 2.05) is 6.07 Å². The van der Waals surface area contributed by atoms with Gasteiger partial charge in [0.15, 0.2) is 0 Å². The first-order valence-electron chi connectivity index (χ1n) is 6.35. The maximum Gasteiger partial charge on any atom is 0.124 e. The van der Waals surface area contributed by atoms with Gasteiger partial charge in [-0.2, -0.15) is 0 Å². The molecule has 1 aromatic rings. The van der Waals surface area contributed by atoms with E-state index in [2.05, 4.69) is 49.3 Å². The molecule has 2 rings (SSSR count). The third-order valence-corrected chi connectivity index (χ3v) is 3.15. The van der Waals surface area contributed by atoms with Gasteiger partial charge in [0.2, 0.25) is 0 Å². The fourth-order valence-corrected chi connectivity index (χ4v) is 2.27. The lowest BCUT2D eigenvalue weighted by molar-refractivity contribution is 0.188. The van der Waals surface area contributed by atoms with E-state index in [1.165, 1.54) is 5.56 Å². The molecule has 94 valence electrons. The van der Waals surface area contributed by atoms with Crippen LogP contribution in [-0.2, 0) is 0 Å². The van der Waals surface area contributed by atoms with E-state index < -0.39 is 0 Å². The van der Waals surface area contributed by atoms with Crippen LogP contribution in [0.4, 0.5) is 0 Å². The highest BCUT2D eigenvalue weighted by Crippen LogP contribution is 2.29. The first-order valence-corrected chi connectivity index (χ1v) is 6.35. The van der Waals surface area contributed by atoms with Gasteiger partial charge in [-0.1, -0.05) is 18.2 Å². The Morgan fingerprint density at radius 3 is 2.82 bits per heavy atom. The molecule has 1 aliphatic rings. The summed E-state index contributed by atoms with van der Waals surface area (Å²) in [4.78, 5) is 2.39. The molecule has 0 aliphatic carbocycles. The van der Waals surface area contributed by atoms with Crippen LogP contribution in [0, 0.1) is 0 Å². The van der Waals surface area contributed by atoms with Gasteiger partial charge in [-0.05, 0) is 27.0 Å². The number of rotatable bonds is 3. The van der Waals surface area contributed by atoms with Crippen LogP contribution < -0.4 is 10.1 Å². The molecule has 1 aliphatic heterocycles. The standard InChI is InChI=1S/C14H22N2O/c1-11(2)17-14-7-5-4-6-12(14)13-10-15-8-9-16(13)3/h4-7,11,13,15H,8-10H2,1-3H3.